The van der Waals surface area contributed by atoms with Gasteiger partial charge in [-0.05, 0) is 12.3 Å². The van der Waals surface area contributed by atoms with Crippen LogP contribution in [0.2, 0.25) is 0 Å². The third kappa shape index (κ3) is 6.21. The molecule has 0 aliphatic rings. The average molecular weight is 198 g/mol. The standard InChI is InChI=1S/C10H14O4/c1-2-3-4-5-6-8(11)9(12)7-10(13)14/h9,12H,2-4,7H2,1H3,(H,13,14)/t9-/m0/s1. The molecular weight excluding hydrogens is 184 g/mol. The molecule has 2 N–H and O–H groups in total. The zero-order valence-electron chi connectivity index (χ0n) is 8.12. The van der Waals surface area contributed by atoms with Crippen LogP contribution in [0.5, 0.6) is 0 Å². The molecule has 0 aromatic carbocycles. The predicted molar refractivity (Wildman–Crippen MR) is 50.6 cm³/mol. The molecule has 0 bridgehead atoms. The molecule has 4 nitrogen and oxygen atoms in total. The molecule has 0 amide bonds. The van der Waals surface area contributed by atoms with Crippen molar-refractivity contribution in [1.29, 1.82) is 0 Å². The van der Waals surface area contributed by atoms with E-state index < -0.39 is 24.3 Å². The third-order valence-electron chi connectivity index (χ3n) is 1.54. The Morgan fingerprint density at radius 3 is 2.57 bits per heavy atom. The molecule has 1 atom stereocenters. The average Bonchev–Trinajstić information content (AvgIpc) is 2.11. The van der Waals surface area contributed by atoms with E-state index in [4.69, 9.17) is 10.2 Å². The zero-order valence-corrected chi connectivity index (χ0v) is 8.12. The number of carboxylic acids is 1. The van der Waals surface area contributed by atoms with Crippen molar-refractivity contribution in [2.45, 2.75) is 38.7 Å². The van der Waals surface area contributed by atoms with Crippen molar-refractivity contribution in [3.05, 3.63) is 0 Å². The van der Waals surface area contributed by atoms with Crippen LogP contribution in [0.15, 0.2) is 0 Å². The van der Waals surface area contributed by atoms with Crippen LogP contribution in [0.25, 0.3) is 0 Å². The number of carbonyl (C=O) groups excluding carboxylic acids is 1. The molecule has 0 aliphatic heterocycles. The van der Waals surface area contributed by atoms with E-state index in [1.165, 1.54) is 0 Å². The summed E-state index contributed by atoms with van der Waals surface area (Å²) < 4.78 is 0. The van der Waals surface area contributed by atoms with Gasteiger partial charge in [-0.15, -0.1) is 0 Å². The summed E-state index contributed by atoms with van der Waals surface area (Å²) in [5, 5.41) is 17.3. The number of hydrogen-bond acceptors (Lipinski definition) is 3. The highest BCUT2D eigenvalue weighted by molar-refractivity contribution is 6.00. The Bertz CT molecular complexity index is 259. The van der Waals surface area contributed by atoms with Crippen molar-refractivity contribution in [2.75, 3.05) is 0 Å². The predicted octanol–water partition coefficient (Wildman–Crippen LogP) is 0.585. The van der Waals surface area contributed by atoms with E-state index in [1.54, 1.807) is 0 Å². The number of Topliss-reactive ketones (excluding diaryl/α,β-unsaturated/α-hetero) is 1. The van der Waals surface area contributed by atoms with Gasteiger partial charge in [-0.3, -0.25) is 9.59 Å². The Morgan fingerprint density at radius 2 is 2.07 bits per heavy atom. The molecule has 0 aromatic rings. The van der Waals surface area contributed by atoms with Crippen molar-refractivity contribution < 1.29 is 19.8 Å². The summed E-state index contributed by atoms with van der Waals surface area (Å²) >= 11 is 0. The first kappa shape index (κ1) is 12.7. The number of rotatable bonds is 5. The van der Waals surface area contributed by atoms with E-state index in [-0.39, 0.29) is 0 Å². The van der Waals surface area contributed by atoms with Gasteiger partial charge in [-0.25, -0.2) is 0 Å². The number of aliphatic carboxylic acids is 1. The monoisotopic (exact) mass is 198 g/mol. The lowest BCUT2D eigenvalue weighted by Gasteiger charge is -1.99. The fourth-order valence-corrected chi connectivity index (χ4v) is 0.756. The fraction of sp³-hybridized carbons (Fsp3) is 0.600. The molecule has 0 spiro atoms. The molecule has 0 radical (unpaired) electrons. The Labute approximate surface area is 82.9 Å². The van der Waals surface area contributed by atoms with E-state index in [2.05, 4.69) is 11.8 Å². The maximum absolute atomic E-state index is 11.0. The van der Waals surface area contributed by atoms with Crippen LogP contribution < -0.4 is 0 Å². The van der Waals surface area contributed by atoms with Gasteiger partial charge >= 0.3 is 5.97 Å². The maximum atomic E-state index is 11.0. The topological polar surface area (TPSA) is 74.6 Å². The largest absolute Gasteiger partial charge is 0.481 e. The molecule has 0 unspecified atom stereocenters. The summed E-state index contributed by atoms with van der Waals surface area (Å²) in [4.78, 5) is 21.1. The van der Waals surface area contributed by atoms with E-state index in [0.29, 0.717) is 6.42 Å². The van der Waals surface area contributed by atoms with Crippen molar-refractivity contribution >= 4 is 11.8 Å². The first-order valence-corrected chi connectivity index (χ1v) is 4.50. The number of ketones is 1. The second kappa shape index (κ2) is 7.10. The zero-order chi connectivity index (χ0) is 11.0. The third-order valence-corrected chi connectivity index (χ3v) is 1.54. The molecule has 0 aliphatic carbocycles. The van der Waals surface area contributed by atoms with E-state index in [9.17, 15) is 9.59 Å². The Hall–Kier alpha value is -1.34. The molecule has 0 saturated heterocycles. The summed E-state index contributed by atoms with van der Waals surface area (Å²) in [6.07, 6.45) is 0.403. The van der Waals surface area contributed by atoms with Crippen LogP contribution in [0.3, 0.4) is 0 Å². The Morgan fingerprint density at radius 1 is 1.43 bits per heavy atom. The van der Waals surface area contributed by atoms with Gasteiger partial charge in [-0.2, -0.15) is 0 Å². The van der Waals surface area contributed by atoms with Crippen LogP contribution in [0.1, 0.15) is 32.6 Å². The molecule has 0 aromatic heterocycles. The van der Waals surface area contributed by atoms with Gasteiger partial charge in [0, 0.05) is 6.42 Å². The Kier molecular flexibility index (Phi) is 6.42. The summed E-state index contributed by atoms with van der Waals surface area (Å²) in [5.74, 6) is 2.88. The number of aliphatic hydroxyl groups excluding tert-OH is 1. The van der Waals surface area contributed by atoms with Crippen LogP contribution in [0, 0.1) is 11.8 Å². The maximum Gasteiger partial charge on any atom is 0.306 e. The van der Waals surface area contributed by atoms with E-state index in [1.807, 2.05) is 6.92 Å². The number of aliphatic hydroxyl groups is 1. The number of carboxylic acid groups (broad SMARTS) is 1. The van der Waals surface area contributed by atoms with Crippen LogP contribution in [-0.2, 0) is 9.59 Å². The SMILES string of the molecule is CCCCC#CC(=O)[C@@H](O)CC(=O)O. The molecule has 0 rings (SSSR count). The molecular formula is C10H14O4. The smallest absolute Gasteiger partial charge is 0.306 e. The summed E-state index contributed by atoms with van der Waals surface area (Å²) in [7, 11) is 0. The Balaban J connectivity index is 3.92. The van der Waals surface area contributed by atoms with Crippen LogP contribution >= 0.6 is 0 Å². The van der Waals surface area contributed by atoms with Gasteiger partial charge in [0.05, 0.1) is 6.42 Å². The fourth-order valence-electron chi connectivity index (χ4n) is 0.756. The van der Waals surface area contributed by atoms with Crippen molar-refractivity contribution in [1.82, 2.24) is 0 Å². The van der Waals surface area contributed by atoms with Gasteiger partial charge in [0.25, 0.3) is 0 Å². The first-order chi connectivity index (χ1) is 6.57. The first-order valence-electron chi connectivity index (χ1n) is 4.50. The van der Waals surface area contributed by atoms with Gasteiger partial charge in [0.2, 0.25) is 5.78 Å². The number of hydrogen-bond donors (Lipinski definition) is 2. The van der Waals surface area contributed by atoms with Crippen molar-refractivity contribution in [3.63, 3.8) is 0 Å². The lowest BCUT2D eigenvalue weighted by atomic mass is 10.1. The van der Waals surface area contributed by atoms with Gasteiger partial charge in [0.1, 0.15) is 6.10 Å². The van der Waals surface area contributed by atoms with Crippen molar-refractivity contribution in [2.24, 2.45) is 0 Å². The minimum atomic E-state index is -1.50. The summed E-state index contributed by atoms with van der Waals surface area (Å²) in [5.41, 5.74) is 0. The van der Waals surface area contributed by atoms with Gasteiger partial charge in [0.15, 0.2) is 0 Å². The minimum absolute atomic E-state index is 0.582. The number of unbranched alkanes of at least 4 members (excludes halogenated alkanes) is 2. The van der Waals surface area contributed by atoms with Crippen LogP contribution in [0.4, 0.5) is 0 Å². The molecule has 0 fully saturated rings. The highest BCUT2D eigenvalue weighted by Gasteiger charge is 2.15. The second-order valence-electron chi connectivity index (χ2n) is 2.88. The molecule has 14 heavy (non-hydrogen) atoms. The van der Waals surface area contributed by atoms with Gasteiger partial charge in [-0.1, -0.05) is 19.3 Å². The molecule has 4 heteroatoms. The molecule has 0 heterocycles. The summed E-state index contributed by atoms with van der Waals surface area (Å²) in [6.45, 7) is 2.00. The van der Waals surface area contributed by atoms with E-state index in [0.717, 1.165) is 12.8 Å². The molecule has 78 valence electrons. The highest BCUT2D eigenvalue weighted by atomic mass is 16.4. The number of carbonyl (C=O) groups is 2. The minimum Gasteiger partial charge on any atom is -0.481 e. The van der Waals surface area contributed by atoms with Gasteiger partial charge < -0.3 is 10.2 Å². The van der Waals surface area contributed by atoms with E-state index >= 15 is 0 Å². The lowest BCUT2D eigenvalue weighted by Crippen LogP contribution is -2.22. The van der Waals surface area contributed by atoms with Crippen LogP contribution in [-0.4, -0.2) is 28.1 Å². The quantitative estimate of drug-likeness (QED) is 0.385. The summed E-state index contributed by atoms with van der Waals surface area (Å²) in [6, 6.07) is 0. The second-order valence-corrected chi connectivity index (χ2v) is 2.88. The van der Waals surface area contributed by atoms with Crippen molar-refractivity contribution in [3.8, 4) is 11.8 Å². The highest BCUT2D eigenvalue weighted by Crippen LogP contribution is 1.94. The normalized spacial score (nSPS) is 11.3. The lowest BCUT2D eigenvalue weighted by molar-refractivity contribution is -0.141. The molecule has 0 saturated carbocycles.